The van der Waals surface area contributed by atoms with E-state index >= 15 is 0 Å². The van der Waals surface area contributed by atoms with Crippen molar-refractivity contribution < 1.29 is 0 Å². The van der Waals surface area contributed by atoms with Crippen LogP contribution >= 0.6 is 35.0 Å². The molecule has 0 spiro atoms. The van der Waals surface area contributed by atoms with E-state index in [1.807, 2.05) is 36.4 Å². The van der Waals surface area contributed by atoms with Gasteiger partial charge in [-0.2, -0.15) is 0 Å². The molecule has 19 heavy (non-hydrogen) atoms. The lowest BCUT2D eigenvalue weighted by Gasteiger charge is -2.26. The maximum atomic E-state index is 6.81. The number of alkyl halides is 2. The molecule has 0 bridgehead atoms. The summed E-state index contributed by atoms with van der Waals surface area (Å²) >= 11 is 15.3. The summed E-state index contributed by atoms with van der Waals surface area (Å²) in [7, 11) is 0. The van der Waals surface area contributed by atoms with Crippen LogP contribution in [0.15, 0.2) is 60.7 Å². The van der Waals surface area contributed by atoms with Crippen LogP contribution in [0.1, 0.15) is 24.0 Å². The smallest absolute Gasteiger partial charge is 0.106 e. The molecule has 1 aliphatic heterocycles. The average molecular weight is 309 g/mol. The molecule has 1 saturated heterocycles. The molecule has 0 N–H and O–H groups in total. The monoisotopic (exact) mass is 308 g/mol. The van der Waals surface area contributed by atoms with Crippen LogP contribution in [0.25, 0.3) is 0 Å². The summed E-state index contributed by atoms with van der Waals surface area (Å²) in [5, 5.41) is 0. The molecule has 98 valence electrons. The summed E-state index contributed by atoms with van der Waals surface area (Å²) in [6.45, 7) is 0. The van der Waals surface area contributed by atoms with Gasteiger partial charge in [0.1, 0.15) is 8.41 Å². The quantitative estimate of drug-likeness (QED) is 0.641. The van der Waals surface area contributed by atoms with Crippen LogP contribution in [0.4, 0.5) is 0 Å². The zero-order valence-corrected chi connectivity index (χ0v) is 12.7. The predicted molar refractivity (Wildman–Crippen MR) is 84.8 cm³/mol. The lowest BCUT2D eigenvalue weighted by molar-refractivity contribution is 0.697. The second-order valence-electron chi connectivity index (χ2n) is 4.79. The van der Waals surface area contributed by atoms with Gasteiger partial charge in [-0.15, -0.1) is 35.0 Å². The van der Waals surface area contributed by atoms with Gasteiger partial charge in [0.25, 0.3) is 0 Å². The van der Waals surface area contributed by atoms with Crippen molar-refractivity contribution in [2.45, 2.75) is 21.3 Å². The van der Waals surface area contributed by atoms with E-state index in [2.05, 4.69) is 24.3 Å². The Bertz CT molecular complexity index is 506. The fraction of sp³-hybridized carbons (Fsp3) is 0.250. The fourth-order valence-electron chi connectivity index (χ4n) is 2.46. The molecule has 0 aromatic heterocycles. The van der Waals surface area contributed by atoms with E-state index in [4.69, 9.17) is 23.2 Å². The molecule has 1 heterocycles. The highest BCUT2D eigenvalue weighted by molar-refractivity contribution is 8.03. The third-order valence-corrected chi connectivity index (χ3v) is 6.31. The van der Waals surface area contributed by atoms with Gasteiger partial charge in [0, 0.05) is 0 Å². The van der Waals surface area contributed by atoms with E-state index in [1.54, 1.807) is 11.8 Å². The third-order valence-electron chi connectivity index (χ3n) is 3.50. The molecule has 2 aromatic rings. The maximum Gasteiger partial charge on any atom is 0.117 e. The van der Waals surface area contributed by atoms with E-state index < -0.39 is 8.41 Å². The van der Waals surface area contributed by atoms with Crippen molar-refractivity contribution in [3.63, 3.8) is 0 Å². The lowest BCUT2D eigenvalue weighted by Crippen LogP contribution is -2.12. The summed E-state index contributed by atoms with van der Waals surface area (Å²) in [6.07, 6.45) is 1.75. The first-order valence-corrected chi connectivity index (χ1v) is 7.89. The maximum absolute atomic E-state index is 6.81. The Morgan fingerprint density at radius 1 is 0.684 bits per heavy atom. The molecule has 0 radical (unpaired) electrons. The Labute approximate surface area is 128 Å². The minimum Gasteiger partial charge on any atom is -0.106 e. The minimum atomic E-state index is -0.418. The van der Waals surface area contributed by atoms with Gasteiger partial charge in [-0.25, -0.2) is 0 Å². The topological polar surface area (TPSA) is 0 Å². The van der Waals surface area contributed by atoms with E-state index in [1.165, 1.54) is 0 Å². The Morgan fingerprint density at radius 3 is 1.42 bits per heavy atom. The van der Waals surface area contributed by atoms with Gasteiger partial charge in [0.2, 0.25) is 0 Å². The molecule has 2 unspecified atom stereocenters. The van der Waals surface area contributed by atoms with Crippen molar-refractivity contribution in [2.75, 3.05) is 0 Å². The van der Waals surface area contributed by atoms with Gasteiger partial charge in [0.05, 0.1) is 0 Å². The van der Waals surface area contributed by atoms with Gasteiger partial charge < -0.3 is 0 Å². The molecule has 0 aliphatic carbocycles. The number of benzene rings is 2. The molecular formula is C16H14Cl2S. The molecule has 3 heteroatoms. The van der Waals surface area contributed by atoms with Crippen LogP contribution < -0.4 is 0 Å². The van der Waals surface area contributed by atoms with Crippen LogP contribution in [0.3, 0.4) is 0 Å². The zero-order chi connectivity index (χ0) is 13.3. The van der Waals surface area contributed by atoms with Crippen molar-refractivity contribution in [1.82, 2.24) is 0 Å². The summed E-state index contributed by atoms with van der Waals surface area (Å²) in [5.41, 5.74) is 2.28. The van der Waals surface area contributed by atoms with E-state index in [-0.39, 0.29) is 0 Å². The van der Waals surface area contributed by atoms with Crippen LogP contribution in [0.2, 0.25) is 0 Å². The highest BCUT2D eigenvalue weighted by Crippen LogP contribution is 2.64. The molecule has 0 amide bonds. The first-order valence-electron chi connectivity index (χ1n) is 6.31. The Balaban J connectivity index is 1.92. The lowest BCUT2D eigenvalue weighted by atomic mass is 10.0. The first kappa shape index (κ1) is 13.4. The van der Waals surface area contributed by atoms with Gasteiger partial charge >= 0.3 is 0 Å². The van der Waals surface area contributed by atoms with Crippen molar-refractivity contribution in [3.8, 4) is 0 Å². The summed E-state index contributed by atoms with van der Waals surface area (Å²) in [5.74, 6) is 0. The molecule has 0 nitrogen and oxygen atoms in total. The fourth-order valence-corrected chi connectivity index (χ4v) is 5.24. The van der Waals surface area contributed by atoms with E-state index in [0.29, 0.717) is 0 Å². The second kappa shape index (κ2) is 5.05. The first-order chi connectivity index (χ1) is 9.12. The molecule has 1 aliphatic rings. The number of rotatable bonds is 2. The molecule has 2 atom stereocenters. The van der Waals surface area contributed by atoms with Crippen LogP contribution in [-0.4, -0.2) is 0 Å². The number of hydrogen-bond acceptors (Lipinski definition) is 1. The highest BCUT2D eigenvalue weighted by Gasteiger charge is 2.48. The summed E-state index contributed by atoms with van der Waals surface area (Å²) < 4.78 is -0.836. The van der Waals surface area contributed by atoms with Crippen LogP contribution in [0.5, 0.6) is 0 Å². The van der Waals surface area contributed by atoms with E-state index in [9.17, 15) is 0 Å². The molecular weight excluding hydrogens is 295 g/mol. The van der Waals surface area contributed by atoms with Crippen molar-refractivity contribution in [3.05, 3.63) is 71.8 Å². The Morgan fingerprint density at radius 2 is 1.05 bits per heavy atom. The SMILES string of the molecule is ClC1(c2ccccc2)CCC(Cl)(c2ccccc2)S1. The zero-order valence-electron chi connectivity index (χ0n) is 10.4. The summed E-state index contributed by atoms with van der Waals surface area (Å²) in [4.78, 5) is 0. The largest absolute Gasteiger partial charge is 0.117 e. The van der Waals surface area contributed by atoms with Gasteiger partial charge in [-0.3, -0.25) is 0 Å². The Kier molecular flexibility index (Phi) is 3.55. The highest BCUT2D eigenvalue weighted by atomic mass is 35.5. The van der Waals surface area contributed by atoms with Crippen LogP contribution in [0, 0.1) is 0 Å². The number of halogens is 2. The van der Waals surface area contributed by atoms with Crippen molar-refractivity contribution in [2.24, 2.45) is 0 Å². The molecule has 1 fully saturated rings. The third kappa shape index (κ3) is 2.52. The average Bonchev–Trinajstić information content (AvgIpc) is 2.80. The van der Waals surface area contributed by atoms with Gasteiger partial charge in [-0.1, -0.05) is 60.7 Å². The van der Waals surface area contributed by atoms with Crippen molar-refractivity contribution >= 4 is 35.0 Å². The predicted octanol–water partition coefficient (Wildman–Crippen LogP) is 5.70. The second-order valence-corrected chi connectivity index (χ2v) is 8.13. The molecule has 2 aromatic carbocycles. The Hall–Kier alpha value is -0.630. The standard InChI is InChI=1S/C16H14Cl2S/c17-15(13-7-3-1-4-8-13)11-12-16(18,19-15)14-9-5-2-6-10-14/h1-10H,11-12H2. The molecule has 0 saturated carbocycles. The normalized spacial score (nSPS) is 30.4. The van der Waals surface area contributed by atoms with Crippen molar-refractivity contribution in [1.29, 1.82) is 0 Å². The molecule has 3 rings (SSSR count). The number of thioether (sulfide) groups is 1. The van der Waals surface area contributed by atoms with E-state index in [0.717, 1.165) is 24.0 Å². The number of hydrogen-bond donors (Lipinski definition) is 0. The van der Waals surface area contributed by atoms with Crippen LogP contribution in [-0.2, 0) is 8.41 Å². The summed E-state index contributed by atoms with van der Waals surface area (Å²) in [6, 6.07) is 20.4. The van der Waals surface area contributed by atoms with Gasteiger partial charge in [0.15, 0.2) is 0 Å². The van der Waals surface area contributed by atoms with Gasteiger partial charge in [-0.05, 0) is 24.0 Å². The minimum absolute atomic E-state index is 0.418.